The molecule has 3 heterocycles. The average Bonchev–Trinajstić information content (AvgIpc) is 3.51. The Morgan fingerprint density at radius 3 is 2.74 bits per heavy atom. The molecule has 0 fully saturated rings. The maximum Gasteiger partial charge on any atom is 0.228 e. The van der Waals surface area contributed by atoms with Gasteiger partial charge in [0.1, 0.15) is 0 Å². The Morgan fingerprint density at radius 2 is 2.00 bits per heavy atom. The maximum atomic E-state index is 12.7. The van der Waals surface area contributed by atoms with Gasteiger partial charge >= 0.3 is 0 Å². The third-order valence-electron chi connectivity index (χ3n) is 5.23. The van der Waals surface area contributed by atoms with Gasteiger partial charge in [-0.1, -0.05) is 12.1 Å². The maximum absolute atomic E-state index is 12.7. The number of Topliss-reactive ketones (excluding diaryl/α,β-unsaturated/α-hetero) is 1. The molecule has 31 heavy (non-hydrogen) atoms. The number of nitrogens with zero attached hydrogens (tertiary/aromatic N) is 2. The van der Waals surface area contributed by atoms with Crippen LogP contribution in [0.1, 0.15) is 39.5 Å². The molecule has 0 unspecified atom stereocenters. The highest BCUT2D eigenvalue weighted by Crippen LogP contribution is 2.33. The first kappa shape index (κ1) is 21.4. The van der Waals surface area contributed by atoms with Crippen LogP contribution in [0.3, 0.4) is 0 Å². The average molecular weight is 454 g/mol. The quantitative estimate of drug-likeness (QED) is 0.518. The topological polar surface area (TPSA) is 79.4 Å². The van der Waals surface area contributed by atoms with Gasteiger partial charge in [-0.15, -0.1) is 22.7 Å². The number of hydrogen-bond acceptors (Lipinski definition) is 6. The van der Waals surface area contributed by atoms with Crippen molar-refractivity contribution in [3.63, 3.8) is 0 Å². The van der Waals surface area contributed by atoms with Crippen molar-refractivity contribution in [2.75, 3.05) is 18.0 Å². The molecule has 0 bridgehead atoms. The Balaban J connectivity index is 1.25. The second kappa shape index (κ2) is 9.53. The van der Waals surface area contributed by atoms with Crippen molar-refractivity contribution in [1.82, 2.24) is 10.3 Å². The molecule has 1 aromatic carbocycles. The van der Waals surface area contributed by atoms with Crippen LogP contribution < -0.4 is 10.2 Å². The van der Waals surface area contributed by atoms with E-state index in [1.165, 1.54) is 11.3 Å². The fourth-order valence-corrected chi connectivity index (χ4v) is 4.95. The molecule has 0 radical (unpaired) electrons. The number of amides is 2. The normalized spacial score (nSPS) is 12.6. The van der Waals surface area contributed by atoms with Gasteiger partial charge in [-0.3, -0.25) is 14.4 Å². The van der Waals surface area contributed by atoms with Crippen molar-refractivity contribution < 1.29 is 14.4 Å². The number of rotatable bonds is 8. The van der Waals surface area contributed by atoms with E-state index in [9.17, 15) is 14.4 Å². The molecular weight excluding hydrogens is 430 g/mol. The van der Waals surface area contributed by atoms with Crippen LogP contribution in [0.2, 0.25) is 0 Å². The SMILES string of the molecule is Cc1nc(-c2ccc3c(c2)CCN3C(=O)CCNC(=O)CCC(=O)c2cccs2)cs1. The summed E-state index contributed by atoms with van der Waals surface area (Å²) in [6.45, 7) is 2.91. The summed E-state index contributed by atoms with van der Waals surface area (Å²) in [5.41, 5.74) is 4.12. The highest BCUT2D eigenvalue weighted by Gasteiger charge is 2.25. The lowest BCUT2D eigenvalue weighted by molar-refractivity contribution is -0.121. The van der Waals surface area contributed by atoms with Crippen LogP contribution in [0, 0.1) is 6.92 Å². The van der Waals surface area contributed by atoms with E-state index >= 15 is 0 Å². The molecule has 0 spiro atoms. The van der Waals surface area contributed by atoms with E-state index < -0.39 is 0 Å². The Labute approximate surface area is 188 Å². The number of thiophene rings is 1. The summed E-state index contributed by atoms with van der Waals surface area (Å²) in [5, 5.41) is 7.68. The molecule has 2 aromatic heterocycles. The molecule has 8 heteroatoms. The van der Waals surface area contributed by atoms with Crippen molar-refractivity contribution in [2.45, 2.75) is 32.6 Å². The number of fused-ring (bicyclic) bond motifs is 1. The van der Waals surface area contributed by atoms with E-state index in [1.807, 2.05) is 35.9 Å². The van der Waals surface area contributed by atoms with Gasteiger partial charge < -0.3 is 10.2 Å². The molecule has 3 aromatic rings. The molecule has 2 amide bonds. The summed E-state index contributed by atoms with van der Waals surface area (Å²) in [4.78, 5) is 43.6. The highest BCUT2D eigenvalue weighted by molar-refractivity contribution is 7.12. The summed E-state index contributed by atoms with van der Waals surface area (Å²) >= 11 is 3.00. The number of anilines is 1. The third kappa shape index (κ3) is 5.08. The summed E-state index contributed by atoms with van der Waals surface area (Å²) in [6, 6.07) is 9.69. The zero-order chi connectivity index (χ0) is 21.8. The fraction of sp³-hybridized carbons (Fsp3) is 0.304. The van der Waals surface area contributed by atoms with Gasteiger partial charge in [0.05, 0.1) is 15.6 Å². The first-order valence-corrected chi connectivity index (χ1v) is 12.0. The molecule has 0 saturated heterocycles. The van der Waals surface area contributed by atoms with Gasteiger partial charge in [-0.25, -0.2) is 4.98 Å². The lowest BCUT2D eigenvalue weighted by Crippen LogP contribution is -2.33. The largest absolute Gasteiger partial charge is 0.356 e. The molecule has 0 atom stereocenters. The second-order valence-electron chi connectivity index (χ2n) is 7.39. The van der Waals surface area contributed by atoms with Gasteiger partial charge in [-0.2, -0.15) is 0 Å². The summed E-state index contributed by atoms with van der Waals surface area (Å²) < 4.78 is 0. The number of aryl methyl sites for hydroxylation is 1. The van der Waals surface area contributed by atoms with Crippen molar-refractivity contribution in [3.05, 3.63) is 56.5 Å². The Bertz CT molecular complexity index is 1110. The molecule has 1 aliphatic rings. The van der Waals surface area contributed by atoms with Crippen molar-refractivity contribution in [2.24, 2.45) is 0 Å². The molecule has 160 valence electrons. The molecule has 1 N–H and O–H groups in total. The fourth-order valence-electron chi connectivity index (χ4n) is 3.64. The molecule has 1 aliphatic heterocycles. The van der Waals surface area contributed by atoms with Crippen molar-refractivity contribution in [1.29, 1.82) is 0 Å². The number of benzene rings is 1. The smallest absolute Gasteiger partial charge is 0.228 e. The zero-order valence-electron chi connectivity index (χ0n) is 17.2. The van der Waals surface area contributed by atoms with E-state index in [4.69, 9.17) is 0 Å². The van der Waals surface area contributed by atoms with E-state index in [-0.39, 0.29) is 43.4 Å². The Morgan fingerprint density at radius 1 is 1.13 bits per heavy atom. The van der Waals surface area contributed by atoms with Gasteiger partial charge in [0.2, 0.25) is 11.8 Å². The Kier molecular flexibility index (Phi) is 6.58. The lowest BCUT2D eigenvalue weighted by Gasteiger charge is -2.17. The number of nitrogens with one attached hydrogen (secondary N) is 1. The van der Waals surface area contributed by atoms with Gasteiger partial charge in [0.25, 0.3) is 0 Å². The predicted octanol–water partition coefficient (Wildman–Crippen LogP) is 4.24. The number of carbonyl (C=O) groups excluding carboxylic acids is 3. The summed E-state index contributed by atoms with van der Waals surface area (Å²) in [5.74, 6) is -0.240. The number of ketones is 1. The molecular formula is C23H23N3O3S2. The summed E-state index contributed by atoms with van der Waals surface area (Å²) in [6.07, 6.45) is 1.36. The Hall–Kier alpha value is -2.84. The number of carbonyl (C=O) groups is 3. The van der Waals surface area contributed by atoms with E-state index in [2.05, 4.69) is 16.4 Å². The van der Waals surface area contributed by atoms with Crippen LogP contribution in [0.5, 0.6) is 0 Å². The van der Waals surface area contributed by atoms with Crippen LogP contribution in [0.15, 0.2) is 41.1 Å². The standard InChI is InChI=1S/C23H23N3O3S2/c1-15-25-18(14-31-15)16-4-5-19-17(13-16)9-11-26(19)23(29)8-10-24-22(28)7-6-20(27)21-3-2-12-30-21/h2-5,12-14H,6-11H2,1H3,(H,24,28). The number of hydrogen-bond donors (Lipinski definition) is 1. The molecule has 6 nitrogen and oxygen atoms in total. The van der Waals surface area contributed by atoms with E-state index in [0.717, 1.165) is 33.9 Å². The lowest BCUT2D eigenvalue weighted by atomic mass is 10.1. The highest BCUT2D eigenvalue weighted by atomic mass is 32.1. The van der Waals surface area contributed by atoms with Crippen molar-refractivity contribution in [3.8, 4) is 11.3 Å². The molecule has 0 aliphatic carbocycles. The number of aromatic nitrogens is 1. The van der Waals surface area contributed by atoms with Gasteiger partial charge in [0, 0.05) is 49.0 Å². The minimum absolute atomic E-state index is 0.00837. The van der Waals surface area contributed by atoms with E-state index in [0.29, 0.717) is 11.4 Å². The van der Waals surface area contributed by atoms with Crippen LogP contribution in [0.4, 0.5) is 5.69 Å². The first-order chi connectivity index (χ1) is 15.0. The second-order valence-corrected chi connectivity index (χ2v) is 9.40. The number of thiazole rings is 1. The van der Waals surface area contributed by atoms with Crippen LogP contribution in [-0.2, 0) is 16.0 Å². The zero-order valence-corrected chi connectivity index (χ0v) is 18.9. The monoisotopic (exact) mass is 453 g/mol. The van der Waals surface area contributed by atoms with Crippen LogP contribution in [0.25, 0.3) is 11.3 Å². The summed E-state index contributed by atoms with van der Waals surface area (Å²) in [7, 11) is 0. The van der Waals surface area contributed by atoms with E-state index in [1.54, 1.807) is 22.3 Å². The minimum atomic E-state index is -0.206. The predicted molar refractivity (Wildman–Crippen MR) is 124 cm³/mol. The third-order valence-corrected chi connectivity index (χ3v) is 6.91. The van der Waals surface area contributed by atoms with Crippen molar-refractivity contribution >= 4 is 46.0 Å². The minimum Gasteiger partial charge on any atom is -0.356 e. The first-order valence-electron chi connectivity index (χ1n) is 10.2. The van der Waals surface area contributed by atoms with Gasteiger partial charge in [-0.05, 0) is 42.5 Å². The van der Waals surface area contributed by atoms with Gasteiger partial charge in [0.15, 0.2) is 5.78 Å². The molecule has 4 rings (SSSR count). The molecule has 0 saturated carbocycles. The van der Waals surface area contributed by atoms with Crippen LogP contribution >= 0.6 is 22.7 Å². The van der Waals surface area contributed by atoms with Crippen LogP contribution in [-0.4, -0.2) is 35.7 Å².